The minimum absolute atomic E-state index is 0.124. The number of hydrogen-bond acceptors (Lipinski definition) is 2. The third-order valence-corrected chi connectivity index (χ3v) is 9.13. The molecule has 136 valence electrons. The summed E-state index contributed by atoms with van der Waals surface area (Å²) >= 11 is 0. The molecule has 7 atom stereocenters. The summed E-state index contributed by atoms with van der Waals surface area (Å²) in [6, 6.07) is 10.9. The van der Waals surface area contributed by atoms with Gasteiger partial charge in [0.15, 0.2) is 0 Å². The van der Waals surface area contributed by atoms with Crippen LogP contribution in [0.3, 0.4) is 0 Å². The average Bonchev–Trinajstić information content (AvgIpc) is 3.25. The molecular formula is C23H32O2. The van der Waals surface area contributed by atoms with Crippen LogP contribution in [0.2, 0.25) is 0 Å². The molecule has 3 aliphatic carbocycles. The zero-order chi connectivity index (χ0) is 17.7. The van der Waals surface area contributed by atoms with Crippen LogP contribution in [0.5, 0.6) is 0 Å². The zero-order valence-electron chi connectivity index (χ0n) is 16.1. The van der Waals surface area contributed by atoms with Crippen molar-refractivity contribution in [2.45, 2.75) is 83.5 Å². The van der Waals surface area contributed by atoms with Gasteiger partial charge in [0.25, 0.3) is 0 Å². The first-order valence-corrected chi connectivity index (χ1v) is 10.2. The maximum absolute atomic E-state index is 11.5. The van der Waals surface area contributed by atoms with Crippen molar-refractivity contribution in [2.75, 3.05) is 0 Å². The number of epoxide rings is 1. The fraction of sp³-hybridized carbons (Fsp3) is 0.739. The van der Waals surface area contributed by atoms with Crippen molar-refractivity contribution < 1.29 is 9.84 Å². The lowest BCUT2D eigenvalue weighted by atomic mass is 9.41. The molecule has 1 spiro atoms. The van der Waals surface area contributed by atoms with E-state index in [0.717, 1.165) is 12.8 Å². The van der Waals surface area contributed by atoms with Crippen LogP contribution in [0.15, 0.2) is 30.3 Å². The van der Waals surface area contributed by atoms with E-state index in [1.807, 2.05) is 0 Å². The molecule has 0 radical (unpaired) electrons. The van der Waals surface area contributed by atoms with E-state index in [0.29, 0.717) is 23.4 Å². The van der Waals surface area contributed by atoms with Gasteiger partial charge in [0.05, 0.1) is 12.2 Å². The highest BCUT2D eigenvalue weighted by Gasteiger charge is 2.85. The van der Waals surface area contributed by atoms with Crippen LogP contribution < -0.4 is 0 Å². The predicted molar refractivity (Wildman–Crippen MR) is 99.4 cm³/mol. The van der Waals surface area contributed by atoms with Gasteiger partial charge in [-0.05, 0) is 48.5 Å². The maximum Gasteiger partial charge on any atom is 0.109 e. The molecule has 0 aromatic heterocycles. The van der Waals surface area contributed by atoms with Crippen molar-refractivity contribution in [2.24, 2.45) is 22.2 Å². The highest BCUT2D eigenvalue weighted by Crippen LogP contribution is 2.80. The Morgan fingerprint density at radius 1 is 1.00 bits per heavy atom. The number of aliphatic hydroxyl groups is 1. The molecule has 1 N–H and O–H groups in total. The first kappa shape index (κ1) is 16.3. The van der Waals surface area contributed by atoms with Gasteiger partial charge in [0, 0.05) is 10.8 Å². The van der Waals surface area contributed by atoms with Crippen molar-refractivity contribution >= 4 is 0 Å². The van der Waals surface area contributed by atoms with Crippen LogP contribution in [0.1, 0.15) is 71.3 Å². The second-order valence-corrected chi connectivity index (χ2v) is 10.4. The molecule has 1 aromatic carbocycles. The Hall–Kier alpha value is -0.860. The number of fused-ring (bicyclic) bond motifs is 1. The Kier molecular flexibility index (Phi) is 3.07. The topological polar surface area (TPSA) is 32.8 Å². The summed E-state index contributed by atoms with van der Waals surface area (Å²) < 4.78 is 6.58. The molecule has 2 nitrogen and oxygen atoms in total. The summed E-state index contributed by atoms with van der Waals surface area (Å²) in [7, 11) is 0. The van der Waals surface area contributed by atoms with E-state index in [4.69, 9.17) is 4.74 Å². The van der Waals surface area contributed by atoms with Crippen LogP contribution in [-0.4, -0.2) is 22.9 Å². The van der Waals surface area contributed by atoms with Gasteiger partial charge in [0.1, 0.15) is 5.60 Å². The normalized spacial score (nSPS) is 52.8. The quantitative estimate of drug-likeness (QED) is 0.736. The van der Waals surface area contributed by atoms with Crippen molar-refractivity contribution in [1.82, 2.24) is 0 Å². The van der Waals surface area contributed by atoms with E-state index < -0.39 is 0 Å². The summed E-state index contributed by atoms with van der Waals surface area (Å²) in [5.74, 6) is 0.960. The highest BCUT2D eigenvalue weighted by atomic mass is 16.6. The Morgan fingerprint density at radius 3 is 2.44 bits per heavy atom. The van der Waals surface area contributed by atoms with E-state index in [2.05, 4.69) is 58.0 Å². The fourth-order valence-corrected chi connectivity index (χ4v) is 7.97. The number of rotatable bonds is 1. The number of aliphatic hydroxyl groups excluding tert-OH is 1. The van der Waals surface area contributed by atoms with Crippen molar-refractivity contribution in [3.8, 4) is 0 Å². The molecular weight excluding hydrogens is 308 g/mol. The van der Waals surface area contributed by atoms with Crippen LogP contribution in [0, 0.1) is 22.2 Å². The molecule has 1 saturated heterocycles. The molecule has 1 aliphatic heterocycles. The second kappa shape index (κ2) is 4.70. The van der Waals surface area contributed by atoms with Gasteiger partial charge >= 0.3 is 0 Å². The van der Waals surface area contributed by atoms with E-state index in [1.165, 1.54) is 24.8 Å². The van der Waals surface area contributed by atoms with Crippen LogP contribution in [0.25, 0.3) is 0 Å². The lowest BCUT2D eigenvalue weighted by Gasteiger charge is -2.63. The number of benzene rings is 1. The smallest absolute Gasteiger partial charge is 0.109 e. The lowest BCUT2D eigenvalue weighted by molar-refractivity contribution is -0.196. The van der Waals surface area contributed by atoms with Gasteiger partial charge in [-0.3, -0.25) is 0 Å². The lowest BCUT2D eigenvalue weighted by Crippen LogP contribution is -2.65. The first-order chi connectivity index (χ1) is 11.8. The molecule has 0 bridgehead atoms. The molecule has 0 unspecified atom stereocenters. The maximum atomic E-state index is 11.5. The predicted octanol–water partition coefficient (Wildman–Crippen LogP) is 4.92. The first-order valence-electron chi connectivity index (χ1n) is 10.2. The average molecular weight is 341 g/mol. The molecule has 4 aliphatic rings. The van der Waals surface area contributed by atoms with Gasteiger partial charge in [0.2, 0.25) is 0 Å². The standard InChI is InChI=1S/C23H32O2/c1-20(2)11-8-12-21(3)17(20)14-18(24)22(4)16(13-19-23(21,22)25-19)15-9-6-5-7-10-15/h5-7,9-10,16-19,24H,8,11-14H2,1-4H3/t16-,17+,18+,19+,21+,22-,23-/m0/s1. The summed E-state index contributed by atoms with van der Waals surface area (Å²) in [6.07, 6.45) is 5.88. The SMILES string of the molecule is CC1(C)CCC[C@]2(C)[C@@H]1C[C@@H](O)[C@]1(C)[C@H](c3ccccc3)C[C@H]3O[C@]312. The summed E-state index contributed by atoms with van der Waals surface area (Å²) in [4.78, 5) is 0. The van der Waals surface area contributed by atoms with Crippen LogP contribution in [0.4, 0.5) is 0 Å². The molecule has 25 heavy (non-hydrogen) atoms. The minimum Gasteiger partial charge on any atom is -0.392 e. The van der Waals surface area contributed by atoms with Gasteiger partial charge in [-0.25, -0.2) is 0 Å². The van der Waals surface area contributed by atoms with Crippen molar-refractivity contribution in [1.29, 1.82) is 0 Å². The third kappa shape index (κ3) is 1.69. The number of hydrogen-bond donors (Lipinski definition) is 1. The summed E-state index contributed by atoms with van der Waals surface area (Å²) in [5, 5.41) is 11.5. The summed E-state index contributed by atoms with van der Waals surface area (Å²) in [6.45, 7) is 9.67. The molecule has 4 fully saturated rings. The van der Waals surface area contributed by atoms with Gasteiger partial charge in [-0.2, -0.15) is 0 Å². The highest BCUT2D eigenvalue weighted by molar-refractivity contribution is 5.39. The summed E-state index contributed by atoms with van der Waals surface area (Å²) in [5.41, 5.74) is 1.58. The molecule has 0 amide bonds. The molecule has 1 heterocycles. The number of ether oxygens (including phenoxy) is 1. The Morgan fingerprint density at radius 2 is 1.72 bits per heavy atom. The van der Waals surface area contributed by atoms with E-state index >= 15 is 0 Å². The molecule has 3 saturated carbocycles. The molecule has 5 rings (SSSR count). The second-order valence-electron chi connectivity index (χ2n) is 10.4. The zero-order valence-corrected chi connectivity index (χ0v) is 16.1. The molecule has 2 heteroatoms. The van der Waals surface area contributed by atoms with Crippen molar-refractivity contribution in [3.05, 3.63) is 35.9 Å². The van der Waals surface area contributed by atoms with Crippen LogP contribution in [-0.2, 0) is 4.74 Å². The third-order valence-electron chi connectivity index (χ3n) is 9.13. The van der Waals surface area contributed by atoms with E-state index in [1.54, 1.807) is 0 Å². The van der Waals surface area contributed by atoms with Gasteiger partial charge in [-0.15, -0.1) is 0 Å². The Bertz CT molecular complexity index is 697. The fourth-order valence-electron chi connectivity index (χ4n) is 7.97. The minimum atomic E-state index is -0.277. The van der Waals surface area contributed by atoms with Gasteiger partial charge in [-0.1, -0.05) is 64.4 Å². The Balaban J connectivity index is 1.64. The van der Waals surface area contributed by atoms with Gasteiger partial charge < -0.3 is 9.84 Å². The Labute approximate surface area is 152 Å². The van der Waals surface area contributed by atoms with Crippen molar-refractivity contribution in [3.63, 3.8) is 0 Å². The monoisotopic (exact) mass is 340 g/mol. The molecule has 1 aromatic rings. The van der Waals surface area contributed by atoms with Crippen LogP contribution >= 0.6 is 0 Å². The van der Waals surface area contributed by atoms with E-state index in [-0.39, 0.29) is 22.5 Å². The largest absolute Gasteiger partial charge is 0.392 e. The van der Waals surface area contributed by atoms with E-state index in [9.17, 15) is 5.11 Å².